The summed E-state index contributed by atoms with van der Waals surface area (Å²) < 4.78 is 11.7. The van der Waals surface area contributed by atoms with E-state index in [1.54, 1.807) is 0 Å². The van der Waals surface area contributed by atoms with Crippen molar-refractivity contribution >= 4 is 10.8 Å². The number of piperidine rings is 1. The Balaban J connectivity index is 1.36. The highest BCUT2D eigenvalue weighted by Crippen LogP contribution is 2.30. The molecule has 1 aliphatic rings. The summed E-state index contributed by atoms with van der Waals surface area (Å²) in [6.07, 6.45) is 2.24. The molecule has 4 rings (SSSR count). The van der Waals surface area contributed by atoms with Crippen LogP contribution in [0.2, 0.25) is 0 Å². The number of fused-ring (bicyclic) bond motifs is 1. The second-order valence-corrected chi connectivity index (χ2v) is 7.16. The highest BCUT2D eigenvalue weighted by atomic mass is 16.5. The fourth-order valence-corrected chi connectivity index (χ4v) is 3.84. The van der Waals surface area contributed by atoms with Crippen LogP contribution in [0.5, 0.6) is 5.75 Å². The molecule has 0 amide bonds. The van der Waals surface area contributed by atoms with Gasteiger partial charge in [0.25, 0.3) is 0 Å². The molecule has 1 fully saturated rings. The molecule has 0 radical (unpaired) electrons. The van der Waals surface area contributed by atoms with Crippen LogP contribution in [0.4, 0.5) is 0 Å². The van der Waals surface area contributed by atoms with Crippen molar-refractivity contribution in [3.8, 4) is 5.75 Å². The summed E-state index contributed by atoms with van der Waals surface area (Å²) in [6.45, 7) is 4.34. The molecule has 0 saturated carbocycles. The Kier molecular flexibility index (Phi) is 5.71. The fraction of sp³-hybridized carbons (Fsp3) is 0.333. The Hall–Kier alpha value is -2.36. The van der Waals surface area contributed by atoms with Gasteiger partial charge in [0, 0.05) is 0 Å². The van der Waals surface area contributed by atoms with Crippen molar-refractivity contribution < 1.29 is 9.47 Å². The third-order valence-electron chi connectivity index (χ3n) is 5.29. The largest absolute Gasteiger partial charge is 0.494 e. The zero-order valence-electron chi connectivity index (χ0n) is 15.9. The molecule has 0 aromatic heterocycles. The normalized spacial score (nSPS) is 19.9. The van der Waals surface area contributed by atoms with Crippen LogP contribution in [0.15, 0.2) is 66.7 Å². The Bertz CT molecular complexity index is 875. The lowest BCUT2D eigenvalue weighted by Gasteiger charge is -2.30. The van der Waals surface area contributed by atoms with Crippen LogP contribution in [0.25, 0.3) is 10.8 Å². The molecule has 0 aliphatic carbocycles. The first kappa shape index (κ1) is 18.0. The van der Waals surface area contributed by atoms with Crippen molar-refractivity contribution in [2.24, 2.45) is 0 Å². The maximum Gasteiger partial charge on any atom is 0.119 e. The summed E-state index contributed by atoms with van der Waals surface area (Å²) in [5.74, 6) is 1.47. The van der Waals surface area contributed by atoms with Gasteiger partial charge in [-0.2, -0.15) is 0 Å². The number of nitrogens with one attached hydrogen (secondary N) is 1. The Labute approximate surface area is 161 Å². The summed E-state index contributed by atoms with van der Waals surface area (Å²) in [5.41, 5.74) is 2.60. The van der Waals surface area contributed by atoms with Crippen LogP contribution in [0, 0.1) is 0 Å². The SMILES string of the molecule is CCOc1ccc(C2CCNC(OCc3ccc4ccccc4c3)C2)cc1. The molecule has 1 heterocycles. The minimum absolute atomic E-state index is 0.0989. The number of benzene rings is 3. The van der Waals surface area contributed by atoms with Crippen molar-refractivity contribution in [3.05, 3.63) is 77.9 Å². The minimum Gasteiger partial charge on any atom is -0.494 e. The van der Waals surface area contributed by atoms with Crippen LogP contribution < -0.4 is 10.1 Å². The van der Waals surface area contributed by atoms with Crippen LogP contribution in [0.1, 0.15) is 36.8 Å². The van der Waals surface area contributed by atoms with E-state index in [1.165, 1.54) is 21.9 Å². The van der Waals surface area contributed by atoms with Gasteiger partial charge in [-0.05, 0) is 72.3 Å². The molecule has 2 atom stereocenters. The van der Waals surface area contributed by atoms with E-state index in [0.717, 1.165) is 25.1 Å². The number of ether oxygens (including phenoxy) is 2. The maximum absolute atomic E-state index is 6.20. The topological polar surface area (TPSA) is 30.5 Å². The van der Waals surface area contributed by atoms with Gasteiger partial charge in [0.1, 0.15) is 12.0 Å². The lowest BCUT2D eigenvalue weighted by Crippen LogP contribution is -2.39. The second kappa shape index (κ2) is 8.55. The van der Waals surface area contributed by atoms with Crippen LogP contribution in [-0.2, 0) is 11.3 Å². The molecule has 0 spiro atoms. The minimum atomic E-state index is 0.0989. The number of rotatable bonds is 6. The van der Waals surface area contributed by atoms with Gasteiger partial charge in [0.05, 0.1) is 13.2 Å². The summed E-state index contributed by atoms with van der Waals surface area (Å²) >= 11 is 0. The average Bonchev–Trinajstić information content (AvgIpc) is 2.73. The van der Waals surface area contributed by atoms with Crippen molar-refractivity contribution in [2.45, 2.75) is 38.5 Å². The van der Waals surface area contributed by atoms with Gasteiger partial charge in [0.2, 0.25) is 0 Å². The summed E-state index contributed by atoms with van der Waals surface area (Å²) in [4.78, 5) is 0. The van der Waals surface area contributed by atoms with Gasteiger partial charge in [-0.3, -0.25) is 5.32 Å². The van der Waals surface area contributed by atoms with Crippen molar-refractivity contribution in [1.82, 2.24) is 5.32 Å². The predicted molar refractivity (Wildman–Crippen MR) is 110 cm³/mol. The zero-order valence-corrected chi connectivity index (χ0v) is 15.9. The molecule has 27 heavy (non-hydrogen) atoms. The molecule has 3 aromatic rings. The third-order valence-corrected chi connectivity index (χ3v) is 5.29. The van der Waals surface area contributed by atoms with E-state index >= 15 is 0 Å². The highest BCUT2D eigenvalue weighted by molar-refractivity contribution is 5.82. The van der Waals surface area contributed by atoms with E-state index in [4.69, 9.17) is 9.47 Å². The van der Waals surface area contributed by atoms with Gasteiger partial charge in [0.15, 0.2) is 0 Å². The van der Waals surface area contributed by atoms with Crippen LogP contribution >= 0.6 is 0 Å². The van der Waals surface area contributed by atoms with E-state index in [2.05, 4.69) is 72.0 Å². The molecule has 2 unspecified atom stereocenters. The molecule has 0 bridgehead atoms. The number of hydrogen-bond acceptors (Lipinski definition) is 3. The monoisotopic (exact) mass is 361 g/mol. The first-order chi connectivity index (χ1) is 13.3. The Morgan fingerprint density at radius 2 is 1.78 bits per heavy atom. The standard InChI is InChI=1S/C24H27NO2/c1-2-26-23-11-9-20(10-12-23)22-13-14-25-24(16-22)27-17-18-7-8-19-5-3-4-6-21(19)15-18/h3-12,15,22,24-25H,2,13-14,16-17H2,1H3. The summed E-state index contributed by atoms with van der Waals surface area (Å²) in [5, 5.41) is 6.05. The molecule has 1 aliphatic heterocycles. The van der Waals surface area contributed by atoms with Gasteiger partial charge in [-0.25, -0.2) is 0 Å². The molecular weight excluding hydrogens is 334 g/mol. The van der Waals surface area contributed by atoms with Gasteiger partial charge in [-0.1, -0.05) is 48.5 Å². The Morgan fingerprint density at radius 1 is 0.963 bits per heavy atom. The van der Waals surface area contributed by atoms with E-state index in [1.807, 2.05) is 6.92 Å². The Morgan fingerprint density at radius 3 is 2.59 bits per heavy atom. The first-order valence-corrected chi connectivity index (χ1v) is 9.87. The third kappa shape index (κ3) is 4.49. The smallest absolute Gasteiger partial charge is 0.119 e. The summed E-state index contributed by atoms with van der Waals surface area (Å²) in [6, 6.07) is 23.6. The van der Waals surface area contributed by atoms with Crippen molar-refractivity contribution in [1.29, 1.82) is 0 Å². The van der Waals surface area contributed by atoms with Crippen LogP contribution in [0.3, 0.4) is 0 Å². The van der Waals surface area contributed by atoms with E-state index < -0.39 is 0 Å². The molecule has 3 aromatic carbocycles. The number of hydrogen-bond donors (Lipinski definition) is 1. The lowest BCUT2D eigenvalue weighted by molar-refractivity contribution is -0.00398. The fourth-order valence-electron chi connectivity index (χ4n) is 3.84. The zero-order chi connectivity index (χ0) is 18.5. The van der Waals surface area contributed by atoms with Crippen molar-refractivity contribution in [3.63, 3.8) is 0 Å². The van der Waals surface area contributed by atoms with Crippen LogP contribution in [-0.4, -0.2) is 19.4 Å². The van der Waals surface area contributed by atoms with E-state index in [0.29, 0.717) is 19.1 Å². The van der Waals surface area contributed by atoms with Gasteiger partial charge in [-0.15, -0.1) is 0 Å². The van der Waals surface area contributed by atoms with Crippen molar-refractivity contribution in [2.75, 3.05) is 13.2 Å². The molecule has 3 heteroatoms. The maximum atomic E-state index is 6.20. The van der Waals surface area contributed by atoms with E-state index in [9.17, 15) is 0 Å². The molecular formula is C24H27NO2. The molecule has 3 nitrogen and oxygen atoms in total. The molecule has 1 N–H and O–H groups in total. The lowest BCUT2D eigenvalue weighted by atomic mass is 9.89. The molecule has 140 valence electrons. The molecule has 1 saturated heterocycles. The second-order valence-electron chi connectivity index (χ2n) is 7.16. The quantitative estimate of drug-likeness (QED) is 0.650. The van der Waals surface area contributed by atoms with E-state index in [-0.39, 0.29) is 6.23 Å². The highest BCUT2D eigenvalue weighted by Gasteiger charge is 2.23. The van der Waals surface area contributed by atoms with Gasteiger partial charge >= 0.3 is 0 Å². The first-order valence-electron chi connectivity index (χ1n) is 9.87. The average molecular weight is 361 g/mol. The van der Waals surface area contributed by atoms with Gasteiger partial charge < -0.3 is 9.47 Å². The predicted octanol–water partition coefficient (Wildman–Crippen LogP) is 5.25. The summed E-state index contributed by atoms with van der Waals surface area (Å²) in [7, 11) is 0.